The molecule has 0 radical (unpaired) electrons. The number of sulfonamides is 1. The number of rotatable bonds is 7. The van der Waals surface area contributed by atoms with Crippen LogP contribution in [0.15, 0.2) is 24.3 Å². The zero-order valence-electron chi connectivity index (χ0n) is 11.4. The van der Waals surface area contributed by atoms with E-state index in [1.807, 2.05) is 0 Å². The average Bonchev–Trinajstić information content (AvgIpc) is 2.44. The minimum Gasteiger partial charge on any atom is -0.468 e. The summed E-state index contributed by atoms with van der Waals surface area (Å²) in [7, 11) is -3.37. The van der Waals surface area contributed by atoms with E-state index in [0.29, 0.717) is 3.71 Å². The van der Waals surface area contributed by atoms with Crippen LogP contribution >= 0.6 is 58.4 Å². The van der Waals surface area contributed by atoms with Crippen LogP contribution in [0.3, 0.4) is 0 Å². The van der Waals surface area contributed by atoms with Crippen LogP contribution in [0.2, 0.25) is 0 Å². The van der Waals surface area contributed by atoms with Crippen LogP contribution < -0.4 is 3.71 Å². The first-order valence-corrected chi connectivity index (χ1v) is 9.72. The Kier molecular flexibility index (Phi) is 7.56. The Morgan fingerprint density at radius 1 is 1.39 bits per heavy atom. The molecule has 12 heteroatoms. The Balaban J connectivity index is 3.33. The first-order chi connectivity index (χ1) is 10.5. The van der Waals surface area contributed by atoms with Crippen molar-refractivity contribution in [3.63, 3.8) is 0 Å². The minimum atomic E-state index is -4.38. The van der Waals surface area contributed by atoms with Gasteiger partial charge in [0.2, 0.25) is 3.67 Å². The number of nitrogens with zero attached hydrogens (tertiary/aromatic N) is 1. The molecule has 0 heterocycles. The molecule has 0 aromatic heterocycles. The van der Waals surface area contributed by atoms with Crippen LogP contribution in [0.4, 0.5) is 10.1 Å². The third-order valence-electron chi connectivity index (χ3n) is 2.29. The van der Waals surface area contributed by atoms with Crippen LogP contribution in [0, 0.1) is 5.82 Å². The summed E-state index contributed by atoms with van der Waals surface area (Å²) in [5.41, 5.74) is -0.388. The first kappa shape index (κ1) is 20.9. The Bertz CT molecular complexity index is 672. The molecule has 0 aliphatic carbocycles. The lowest BCUT2D eigenvalue weighted by atomic mass is 10.3. The molecule has 5 nitrogen and oxygen atoms in total. The fraction of sp³-hybridized carbons (Fsp3) is 0.364. The number of anilines is 1. The van der Waals surface area contributed by atoms with Crippen LogP contribution in [-0.4, -0.2) is 35.8 Å². The molecule has 0 bridgehead atoms. The van der Waals surface area contributed by atoms with Gasteiger partial charge in [0.05, 0.1) is 12.8 Å². The number of methoxy groups -OCH3 is 1. The predicted octanol–water partition coefficient (Wildman–Crippen LogP) is 3.72. The third-order valence-corrected chi connectivity index (χ3v) is 7.55. The van der Waals surface area contributed by atoms with Gasteiger partial charge in [0.25, 0.3) is 10.0 Å². The van der Waals surface area contributed by atoms with Crippen molar-refractivity contribution in [3.8, 4) is 0 Å². The number of carbonyl (C=O) groups is 1. The molecule has 0 saturated carbocycles. The van der Waals surface area contributed by atoms with Crippen molar-refractivity contribution in [3.05, 3.63) is 30.1 Å². The number of hydrogen-bond donors (Lipinski definition) is 0. The Morgan fingerprint density at radius 2 is 1.96 bits per heavy atom. The van der Waals surface area contributed by atoms with Crippen LogP contribution in [0.25, 0.3) is 0 Å². The molecule has 1 aromatic rings. The number of esters is 1. The number of para-hydroxylation sites is 1. The summed E-state index contributed by atoms with van der Waals surface area (Å²) in [5.74, 6) is -2.97. The van der Waals surface area contributed by atoms with E-state index in [-0.39, 0.29) is 17.6 Å². The van der Waals surface area contributed by atoms with Crippen molar-refractivity contribution in [1.29, 1.82) is 0 Å². The van der Waals surface area contributed by atoms with Gasteiger partial charge in [-0.05, 0) is 12.1 Å². The molecule has 0 unspecified atom stereocenters. The fourth-order valence-electron chi connectivity index (χ4n) is 1.27. The van der Waals surface area contributed by atoms with Crippen LogP contribution in [-0.2, 0) is 19.6 Å². The van der Waals surface area contributed by atoms with Gasteiger partial charge in [-0.15, -0.1) is 23.2 Å². The van der Waals surface area contributed by atoms with Crippen LogP contribution in [0.5, 0.6) is 0 Å². The average molecular weight is 445 g/mol. The summed E-state index contributed by atoms with van der Waals surface area (Å²) in [5, 5.41) is 0. The monoisotopic (exact) mass is 443 g/mol. The van der Waals surface area contributed by atoms with Crippen molar-refractivity contribution in [2.75, 3.05) is 16.6 Å². The van der Waals surface area contributed by atoms with Crippen LogP contribution in [0.1, 0.15) is 0 Å². The molecule has 1 aromatic carbocycles. The number of benzene rings is 1. The highest BCUT2D eigenvalue weighted by molar-refractivity contribution is 8.17. The van der Waals surface area contributed by atoms with Gasteiger partial charge in [0.15, 0.2) is 10.6 Å². The van der Waals surface area contributed by atoms with E-state index in [1.54, 1.807) is 0 Å². The molecule has 0 aliphatic heterocycles. The van der Waals surface area contributed by atoms with Gasteiger partial charge in [-0.25, -0.2) is 16.5 Å². The maximum absolute atomic E-state index is 14.0. The van der Waals surface area contributed by atoms with Gasteiger partial charge < -0.3 is 4.74 Å². The molecular formula is C11H10Cl4FNO4S2. The molecule has 0 N–H and O–H groups in total. The standard InChI is InChI=1S/C11H10Cl4FNO4S2/c1-21-9(18)6-23(19,20)17(22-11(14,15)10(12)13)8-5-3-2-4-7(8)16/h2-5,10H,6H2,1H3. The SMILES string of the molecule is COC(=O)CS(=O)(=O)N(SC(Cl)(Cl)C(Cl)Cl)c1ccccc1F. The maximum Gasteiger partial charge on any atom is 0.322 e. The van der Waals surface area contributed by atoms with Gasteiger partial charge >= 0.3 is 5.97 Å². The summed E-state index contributed by atoms with van der Waals surface area (Å²) in [6.07, 6.45) is 0. The van der Waals surface area contributed by atoms with Gasteiger partial charge in [-0.2, -0.15) is 0 Å². The summed E-state index contributed by atoms with van der Waals surface area (Å²) in [6.45, 7) is 0. The van der Waals surface area contributed by atoms with Crippen molar-refractivity contribution in [2.24, 2.45) is 0 Å². The van der Waals surface area contributed by atoms with E-state index in [0.717, 1.165) is 13.2 Å². The second-order valence-electron chi connectivity index (χ2n) is 3.96. The van der Waals surface area contributed by atoms with E-state index in [2.05, 4.69) is 4.74 Å². The van der Waals surface area contributed by atoms with E-state index in [4.69, 9.17) is 46.4 Å². The molecule has 0 aliphatic rings. The smallest absolute Gasteiger partial charge is 0.322 e. The van der Waals surface area contributed by atoms with Gasteiger partial charge in [0.1, 0.15) is 5.82 Å². The molecular weight excluding hydrogens is 435 g/mol. The predicted molar refractivity (Wildman–Crippen MR) is 92.2 cm³/mol. The summed E-state index contributed by atoms with van der Waals surface area (Å²) < 4.78 is 41.5. The fourth-order valence-corrected chi connectivity index (χ4v) is 4.66. The molecule has 0 saturated heterocycles. The topological polar surface area (TPSA) is 63.7 Å². The lowest BCUT2D eigenvalue weighted by Crippen LogP contribution is -2.35. The maximum atomic E-state index is 14.0. The molecule has 1 rings (SSSR count). The lowest BCUT2D eigenvalue weighted by molar-refractivity contribution is -0.137. The molecule has 0 amide bonds. The quantitative estimate of drug-likeness (QED) is 0.364. The minimum absolute atomic E-state index is 0.246. The number of alkyl halides is 4. The Hall–Kier alpha value is -0.120. The van der Waals surface area contributed by atoms with E-state index < -0.39 is 36.1 Å². The Morgan fingerprint density at radius 3 is 2.43 bits per heavy atom. The number of carbonyl (C=O) groups excluding carboxylic acids is 1. The van der Waals surface area contributed by atoms with Gasteiger partial charge in [-0.1, -0.05) is 35.3 Å². The Labute approximate surface area is 157 Å². The van der Waals surface area contributed by atoms with Crippen molar-refractivity contribution >= 4 is 80.0 Å². The van der Waals surface area contributed by atoms with Crippen molar-refractivity contribution < 1.29 is 22.3 Å². The molecule has 0 atom stereocenters. The molecule has 0 spiro atoms. The highest BCUT2D eigenvalue weighted by Crippen LogP contribution is 2.47. The lowest BCUT2D eigenvalue weighted by Gasteiger charge is -2.29. The van der Waals surface area contributed by atoms with Crippen molar-refractivity contribution in [2.45, 2.75) is 8.50 Å². The van der Waals surface area contributed by atoms with E-state index in [9.17, 15) is 17.6 Å². The highest BCUT2D eigenvalue weighted by atomic mass is 35.5. The van der Waals surface area contributed by atoms with E-state index >= 15 is 0 Å². The number of ether oxygens (including phenoxy) is 1. The second kappa shape index (κ2) is 8.31. The summed E-state index contributed by atoms with van der Waals surface area (Å²) >= 11 is 23.2. The van der Waals surface area contributed by atoms with Gasteiger partial charge in [-0.3, -0.25) is 4.79 Å². The van der Waals surface area contributed by atoms with Crippen molar-refractivity contribution in [1.82, 2.24) is 0 Å². The molecule has 0 fully saturated rings. The van der Waals surface area contributed by atoms with Gasteiger partial charge in [0, 0.05) is 11.9 Å². The third kappa shape index (κ3) is 5.72. The largest absolute Gasteiger partial charge is 0.468 e. The molecule has 23 heavy (non-hydrogen) atoms. The highest BCUT2D eigenvalue weighted by Gasteiger charge is 2.41. The first-order valence-electron chi connectivity index (χ1n) is 5.70. The zero-order chi connectivity index (χ0) is 17.8. The summed E-state index contributed by atoms with van der Waals surface area (Å²) in [6, 6.07) is 4.94. The number of halogens is 5. The zero-order valence-corrected chi connectivity index (χ0v) is 16.0. The summed E-state index contributed by atoms with van der Waals surface area (Å²) in [4.78, 5) is 9.89. The number of hydrogen-bond acceptors (Lipinski definition) is 5. The second-order valence-corrected chi connectivity index (χ2v) is 10.1. The normalized spacial score (nSPS) is 12.3. The van der Waals surface area contributed by atoms with E-state index in [1.165, 1.54) is 18.2 Å². The molecule has 130 valence electrons.